The fourth-order valence-electron chi connectivity index (χ4n) is 2.25. The number of hydrogen-bond donors (Lipinski definition) is 2. The van der Waals surface area contributed by atoms with Gasteiger partial charge in [-0.25, -0.2) is 4.98 Å². The molecule has 0 atom stereocenters. The van der Waals surface area contributed by atoms with Gasteiger partial charge in [-0.2, -0.15) is 0 Å². The Morgan fingerprint density at radius 2 is 2.20 bits per heavy atom. The van der Waals surface area contributed by atoms with Crippen molar-refractivity contribution in [1.29, 1.82) is 0 Å². The number of anilines is 2. The molecule has 0 spiro atoms. The monoisotopic (exact) mass is 296 g/mol. The van der Waals surface area contributed by atoms with E-state index in [1.165, 1.54) is 24.2 Å². The Bertz CT molecular complexity index is 481. The van der Waals surface area contributed by atoms with Crippen LogP contribution in [0.1, 0.15) is 28.9 Å². The second-order valence-corrected chi connectivity index (χ2v) is 6.28. The molecule has 1 saturated heterocycles. The van der Waals surface area contributed by atoms with E-state index in [1.54, 1.807) is 0 Å². The summed E-state index contributed by atoms with van der Waals surface area (Å²) >= 11 is 1.37. The average molecular weight is 296 g/mol. The molecule has 1 aromatic heterocycles. The highest BCUT2D eigenvalue weighted by molar-refractivity contribution is 7.18. The quantitative estimate of drug-likeness (QED) is 0.850. The van der Waals surface area contributed by atoms with Crippen LogP contribution in [0.2, 0.25) is 0 Å². The average Bonchev–Trinajstić information content (AvgIpc) is 3.20. The van der Waals surface area contributed by atoms with Gasteiger partial charge in [0.25, 0.3) is 5.91 Å². The van der Waals surface area contributed by atoms with Crippen LogP contribution in [0.4, 0.5) is 10.9 Å². The highest BCUT2D eigenvalue weighted by atomic mass is 32.1. The minimum atomic E-state index is -0.0971. The van der Waals surface area contributed by atoms with Crippen molar-refractivity contribution in [1.82, 2.24) is 10.3 Å². The summed E-state index contributed by atoms with van der Waals surface area (Å²) in [4.78, 5) is 19.1. The Kier molecular flexibility index (Phi) is 4.07. The molecule has 1 aliphatic heterocycles. The Balaban J connectivity index is 1.59. The van der Waals surface area contributed by atoms with Crippen LogP contribution in [0, 0.1) is 5.92 Å². The normalized spacial score (nSPS) is 19.1. The molecular formula is C13H20N4O2S. The van der Waals surface area contributed by atoms with Crippen LogP contribution in [0.25, 0.3) is 0 Å². The highest BCUT2D eigenvalue weighted by Gasteiger charge is 2.23. The number of ether oxygens (including phenoxy) is 1. The van der Waals surface area contributed by atoms with Crippen molar-refractivity contribution in [2.75, 3.05) is 43.5 Å². The van der Waals surface area contributed by atoms with Gasteiger partial charge >= 0.3 is 0 Å². The number of rotatable bonds is 5. The van der Waals surface area contributed by atoms with E-state index >= 15 is 0 Å². The number of nitrogen functional groups attached to an aromatic ring is 1. The van der Waals surface area contributed by atoms with E-state index < -0.39 is 0 Å². The van der Waals surface area contributed by atoms with Crippen LogP contribution in [0.5, 0.6) is 0 Å². The fourth-order valence-corrected chi connectivity index (χ4v) is 3.20. The van der Waals surface area contributed by atoms with E-state index in [2.05, 4.69) is 15.2 Å². The molecule has 110 valence electrons. The van der Waals surface area contributed by atoms with Crippen LogP contribution in [-0.4, -0.2) is 43.7 Å². The topological polar surface area (TPSA) is 80.5 Å². The van der Waals surface area contributed by atoms with E-state index in [-0.39, 0.29) is 5.91 Å². The molecule has 0 bridgehead atoms. The molecule has 2 heterocycles. The number of amides is 1. The minimum absolute atomic E-state index is 0.0971. The maximum absolute atomic E-state index is 12.1. The van der Waals surface area contributed by atoms with Crippen LogP contribution >= 0.6 is 11.3 Å². The van der Waals surface area contributed by atoms with Gasteiger partial charge in [-0.1, -0.05) is 24.2 Å². The number of nitrogens with one attached hydrogen (secondary N) is 1. The van der Waals surface area contributed by atoms with E-state index in [4.69, 9.17) is 10.5 Å². The Hall–Kier alpha value is -1.34. The summed E-state index contributed by atoms with van der Waals surface area (Å²) in [6.45, 7) is 3.73. The van der Waals surface area contributed by atoms with Crippen LogP contribution in [0.15, 0.2) is 0 Å². The lowest BCUT2D eigenvalue weighted by atomic mass is 10.3. The predicted octanol–water partition coefficient (Wildman–Crippen LogP) is 1.09. The third kappa shape index (κ3) is 3.21. The summed E-state index contributed by atoms with van der Waals surface area (Å²) < 4.78 is 5.31. The zero-order chi connectivity index (χ0) is 13.9. The standard InChI is InChI=1S/C13H20N4O2S/c14-11-10(12(18)15-4-3-9-1-2-9)20-13(16-11)17-5-7-19-8-6-17/h9H,1-8,14H2,(H,15,18). The summed E-state index contributed by atoms with van der Waals surface area (Å²) in [6.07, 6.45) is 3.68. The number of morpholine rings is 1. The molecule has 2 aliphatic rings. The van der Waals surface area contributed by atoms with Gasteiger partial charge < -0.3 is 20.7 Å². The number of carbonyl (C=O) groups excluding carboxylic acids is 1. The smallest absolute Gasteiger partial charge is 0.265 e. The largest absolute Gasteiger partial charge is 0.382 e. The van der Waals surface area contributed by atoms with E-state index in [0.29, 0.717) is 23.9 Å². The van der Waals surface area contributed by atoms with Crippen molar-refractivity contribution in [2.45, 2.75) is 19.3 Å². The summed E-state index contributed by atoms with van der Waals surface area (Å²) in [7, 11) is 0. The molecule has 20 heavy (non-hydrogen) atoms. The van der Waals surface area contributed by atoms with Crippen molar-refractivity contribution in [3.63, 3.8) is 0 Å². The van der Waals surface area contributed by atoms with Crippen LogP contribution in [-0.2, 0) is 4.74 Å². The summed E-state index contributed by atoms with van der Waals surface area (Å²) in [6, 6.07) is 0. The lowest BCUT2D eigenvalue weighted by Gasteiger charge is -2.25. The fraction of sp³-hybridized carbons (Fsp3) is 0.692. The summed E-state index contributed by atoms with van der Waals surface area (Å²) in [5.74, 6) is 1.05. The number of carbonyl (C=O) groups is 1. The lowest BCUT2D eigenvalue weighted by Crippen LogP contribution is -2.36. The minimum Gasteiger partial charge on any atom is -0.382 e. The molecular weight excluding hydrogens is 276 g/mol. The first-order chi connectivity index (χ1) is 9.74. The van der Waals surface area contributed by atoms with Gasteiger partial charge in [0.05, 0.1) is 13.2 Å². The molecule has 1 saturated carbocycles. The number of aromatic nitrogens is 1. The number of nitrogens with zero attached hydrogens (tertiary/aromatic N) is 2. The van der Waals surface area contributed by atoms with E-state index in [1.807, 2.05) is 0 Å². The van der Waals surface area contributed by atoms with Gasteiger partial charge in [-0.05, 0) is 12.3 Å². The first-order valence-corrected chi connectivity index (χ1v) is 7.93. The maximum Gasteiger partial charge on any atom is 0.265 e. The molecule has 0 unspecified atom stereocenters. The first-order valence-electron chi connectivity index (χ1n) is 7.11. The lowest BCUT2D eigenvalue weighted by molar-refractivity contribution is 0.0957. The van der Waals surface area contributed by atoms with Gasteiger partial charge in [0.2, 0.25) is 0 Å². The SMILES string of the molecule is Nc1nc(N2CCOCC2)sc1C(=O)NCCC1CC1. The third-order valence-corrected chi connectivity index (χ3v) is 4.80. The molecule has 0 radical (unpaired) electrons. The van der Waals surface area contributed by atoms with Gasteiger partial charge in [-0.3, -0.25) is 4.79 Å². The molecule has 1 amide bonds. The highest BCUT2D eigenvalue weighted by Crippen LogP contribution is 2.32. The van der Waals surface area contributed by atoms with Gasteiger partial charge in [0.1, 0.15) is 10.7 Å². The molecule has 3 rings (SSSR count). The third-order valence-electron chi connectivity index (χ3n) is 3.66. The number of nitrogens with two attached hydrogens (primary N) is 1. The molecule has 1 aromatic rings. The first kappa shape index (κ1) is 13.6. The number of hydrogen-bond acceptors (Lipinski definition) is 6. The van der Waals surface area contributed by atoms with E-state index in [0.717, 1.165) is 37.1 Å². The maximum atomic E-state index is 12.1. The molecule has 2 fully saturated rings. The van der Waals surface area contributed by atoms with E-state index in [9.17, 15) is 4.79 Å². The molecule has 0 aromatic carbocycles. The Morgan fingerprint density at radius 3 is 2.90 bits per heavy atom. The van der Waals surface area contributed by atoms with Crippen molar-refractivity contribution in [2.24, 2.45) is 5.92 Å². The zero-order valence-corrected chi connectivity index (χ0v) is 12.2. The predicted molar refractivity (Wildman–Crippen MR) is 79.2 cm³/mol. The van der Waals surface area contributed by atoms with Gasteiger partial charge in [-0.15, -0.1) is 0 Å². The second kappa shape index (κ2) is 5.97. The Labute approximate surface area is 122 Å². The van der Waals surface area contributed by atoms with Crippen LogP contribution in [0.3, 0.4) is 0 Å². The molecule has 6 nitrogen and oxygen atoms in total. The Morgan fingerprint density at radius 1 is 1.45 bits per heavy atom. The van der Waals surface area contributed by atoms with Crippen molar-refractivity contribution >= 4 is 28.2 Å². The molecule has 3 N–H and O–H groups in total. The second-order valence-electron chi connectivity index (χ2n) is 5.30. The van der Waals surface area contributed by atoms with Gasteiger partial charge in [0.15, 0.2) is 5.13 Å². The zero-order valence-electron chi connectivity index (χ0n) is 11.4. The summed E-state index contributed by atoms with van der Waals surface area (Å²) in [5, 5.41) is 3.75. The molecule has 1 aliphatic carbocycles. The van der Waals surface area contributed by atoms with Crippen molar-refractivity contribution in [3.05, 3.63) is 4.88 Å². The van der Waals surface area contributed by atoms with Gasteiger partial charge in [0, 0.05) is 19.6 Å². The molecule has 7 heteroatoms. The number of thiazole rings is 1. The summed E-state index contributed by atoms with van der Waals surface area (Å²) in [5.41, 5.74) is 5.87. The van der Waals surface area contributed by atoms with Crippen molar-refractivity contribution in [3.8, 4) is 0 Å². The van der Waals surface area contributed by atoms with Crippen LogP contribution < -0.4 is 16.0 Å². The van der Waals surface area contributed by atoms with Crippen molar-refractivity contribution < 1.29 is 9.53 Å².